The summed E-state index contributed by atoms with van der Waals surface area (Å²) in [6.45, 7) is 0. The molecule has 0 aliphatic rings. The number of alkyl halides is 7. The van der Waals surface area contributed by atoms with Crippen LogP contribution in [0, 0.1) is 0 Å². The number of aliphatic carboxylic acids is 1. The summed E-state index contributed by atoms with van der Waals surface area (Å²) in [5, 5.41) is 7.41. The Morgan fingerprint density at radius 1 is 1.00 bits per heavy atom. The fourth-order valence-corrected chi connectivity index (χ4v) is 0.312. The Morgan fingerprint density at radius 2 is 1.29 bits per heavy atom. The zero-order valence-electron chi connectivity index (χ0n) is 7.50. The third-order valence-electron chi connectivity index (χ3n) is 1.02. The smallest absolute Gasteiger partial charge is 1.00 e. The van der Waals surface area contributed by atoms with Crippen LogP contribution in [0.1, 0.15) is 1.43 Å². The molecule has 14 heavy (non-hydrogen) atoms. The number of rotatable bonds is 2. The van der Waals surface area contributed by atoms with Crippen molar-refractivity contribution < 1.29 is 71.6 Å². The van der Waals surface area contributed by atoms with Crippen LogP contribution >= 0.6 is 0 Å². The number of halogens is 7. The molecule has 0 aliphatic carbocycles. The van der Waals surface area contributed by atoms with E-state index in [0.717, 1.165) is 0 Å². The minimum atomic E-state index is -6.60. The van der Waals surface area contributed by atoms with Crippen LogP contribution in [0.15, 0.2) is 0 Å². The van der Waals surface area contributed by atoms with Crippen molar-refractivity contribution in [1.82, 2.24) is 0 Å². The maximum absolute atomic E-state index is 11.8. The van der Waals surface area contributed by atoms with Crippen molar-refractivity contribution in [2.45, 2.75) is 18.0 Å². The second kappa shape index (κ2) is 4.23. The summed E-state index contributed by atoms with van der Waals surface area (Å²) in [6.07, 6.45) is -6.60. The van der Waals surface area contributed by atoms with Crippen LogP contribution in [0.2, 0.25) is 0 Å². The van der Waals surface area contributed by atoms with Crippen LogP contribution in [0.5, 0.6) is 0 Å². The van der Waals surface area contributed by atoms with Crippen molar-refractivity contribution in [3.05, 3.63) is 0 Å². The van der Waals surface area contributed by atoms with Crippen molar-refractivity contribution in [1.29, 1.82) is 0 Å². The largest absolute Gasteiger partial charge is 1.00 e. The van der Waals surface area contributed by atoms with Gasteiger partial charge in [0, 0.05) is 0 Å². The molecule has 2 nitrogen and oxygen atoms in total. The van der Waals surface area contributed by atoms with Crippen molar-refractivity contribution in [3.63, 3.8) is 0 Å². The monoisotopic (exact) mass is 238 g/mol. The van der Waals surface area contributed by atoms with Gasteiger partial charge in [-0.2, -0.15) is 30.7 Å². The molecular weight excluding hydrogens is 236 g/mol. The molecule has 0 aromatic heterocycles. The van der Waals surface area contributed by atoms with Gasteiger partial charge in [-0.05, 0) is 0 Å². The van der Waals surface area contributed by atoms with Crippen molar-refractivity contribution in [2.24, 2.45) is 0 Å². The zero-order valence-corrected chi connectivity index (χ0v) is 8.50. The van der Waals surface area contributed by atoms with Crippen LogP contribution in [-0.4, -0.2) is 29.1 Å². The first-order valence-electron chi connectivity index (χ1n) is 2.50. The van der Waals surface area contributed by atoms with Gasteiger partial charge < -0.3 is 6.53 Å². The van der Waals surface area contributed by atoms with Crippen LogP contribution in [-0.2, 0) is 4.79 Å². The van der Waals surface area contributed by atoms with E-state index in [-0.39, 0.29) is 31.0 Å². The van der Waals surface area contributed by atoms with Crippen LogP contribution in [0.25, 0.3) is 0 Å². The van der Waals surface area contributed by atoms with Gasteiger partial charge in [-0.1, -0.05) is 0 Å². The van der Waals surface area contributed by atoms with Gasteiger partial charge >= 0.3 is 53.5 Å². The Bertz CT molecular complexity index is 228. The first-order chi connectivity index (χ1) is 5.44. The third kappa shape index (κ3) is 2.51. The summed E-state index contributed by atoms with van der Waals surface area (Å²) < 4.78 is 80.5. The van der Waals surface area contributed by atoms with E-state index in [9.17, 15) is 35.5 Å². The Kier molecular flexibility index (Phi) is 4.96. The molecule has 0 saturated carbocycles. The first-order valence-corrected chi connectivity index (χ1v) is 2.50. The number of carboxylic acid groups (broad SMARTS) is 1. The Hall–Kier alpha value is -0.0200. The van der Waals surface area contributed by atoms with E-state index < -0.39 is 24.0 Å². The van der Waals surface area contributed by atoms with Crippen molar-refractivity contribution >= 4 is 5.97 Å². The van der Waals surface area contributed by atoms with Crippen LogP contribution in [0.3, 0.4) is 0 Å². The molecule has 0 saturated heterocycles. The topological polar surface area (TPSA) is 37.3 Å². The van der Waals surface area contributed by atoms with E-state index >= 15 is 0 Å². The van der Waals surface area contributed by atoms with Gasteiger partial charge in [-0.3, -0.25) is 0 Å². The van der Waals surface area contributed by atoms with Gasteiger partial charge in [0.2, 0.25) is 0 Å². The zero-order chi connectivity index (χ0) is 11.1. The summed E-state index contributed by atoms with van der Waals surface area (Å²) in [6, 6.07) is 0. The number of hydrogen-bond donors (Lipinski definition) is 1. The summed E-state index contributed by atoms with van der Waals surface area (Å²) in [7, 11) is 0. The molecule has 0 radical (unpaired) electrons. The minimum Gasteiger partial charge on any atom is -1.00 e. The minimum absolute atomic E-state index is 0. The molecule has 0 heterocycles. The van der Waals surface area contributed by atoms with Crippen LogP contribution < -0.4 is 29.6 Å². The predicted molar refractivity (Wildman–Crippen MR) is 24.7 cm³/mol. The maximum atomic E-state index is 11.8. The molecule has 0 aromatic rings. The molecule has 1 N–H and O–H groups in total. The SMILES string of the molecule is O=C(O)C(F)(F)C(F)(F)C(F)(F)F.[H-].[Na+]. The molecule has 0 amide bonds. The quantitative estimate of drug-likeness (QED) is 0.496. The Labute approximate surface area is 95.8 Å². The van der Waals surface area contributed by atoms with Crippen LogP contribution in [0.4, 0.5) is 30.7 Å². The van der Waals surface area contributed by atoms with Gasteiger partial charge in [-0.15, -0.1) is 0 Å². The van der Waals surface area contributed by atoms with E-state index in [1.54, 1.807) is 0 Å². The molecular formula is C4H2F7NaO2. The number of carbonyl (C=O) groups is 1. The maximum Gasteiger partial charge on any atom is 1.00 e. The number of hydrogen-bond acceptors (Lipinski definition) is 1. The standard InChI is InChI=1S/C4HF7O2.Na.H/c5-2(6,1(12)13)3(7,8)4(9,10)11;;/h(H,12,13);;/q;+1;-1. The third-order valence-corrected chi connectivity index (χ3v) is 1.02. The summed E-state index contributed by atoms with van der Waals surface area (Å²) in [5.41, 5.74) is 0. The molecule has 0 atom stereocenters. The van der Waals surface area contributed by atoms with E-state index in [4.69, 9.17) is 5.11 Å². The molecule has 0 aliphatic heterocycles. The van der Waals surface area contributed by atoms with E-state index in [0.29, 0.717) is 0 Å². The average Bonchev–Trinajstić information content (AvgIpc) is 1.84. The summed E-state index contributed by atoms with van der Waals surface area (Å²) in [5.74, 6) is -16.3. The first kappa shape index (κ1) is 16.4. The van der Waals surface area contributed by atoms with Gasteiger partial charge in [0.05, 0.1) is 0 Å². The normalized spacial score (nSPS) is 13.4. The van der Waals surface area contributed by atoms with E-state index in [1.165, 1.54) is 0 Å². The predicted octanol–water partition coefficient (Wildman–Crippen LogP) is -0.980. The van der Waals surface area contributed by atoms with Gasteiger partial charge in [0.1, 0.15) is 0 Å². The average molecular weight is 238 g/mol. The van der Waals surface area contributed by atoms with Gasteiger partial charge in [0.25, 0.3) is 0 Å². The fraction of sp³-hybridized carbons (Fsp3) is 0.750. The van der Waals surface area contributed by atoms with Crippen molar-refractivity contribution in [2.75, 3.05) is 0 Å². The summed E-state index contributed by atoms with van der Waals surface area (Å²) >= 11 is 0. The second-order valence-corrected chi connectivity index (χ2v) is 1.95. The van der Waals surface area contributed by atoms with Gasteiger partial charge in [-0.25, -0.2) is 4.79 Å². The van der Waals surface area contributed by atoms with Gasteiger partial charge in [0.15, 0.2) is 0 Å². The fourth-order valence-electron chi connectivity index (χ4n) is 0.312. The van der Waals surface area contributed by atoms with E-state index in [2.05, 4.69) is 0 Å². The summed E-state index contributed by atoms with van der Waals surface area (Å²) in [4.78, 5) is 9.38. The molecule has 0 fully saturated rings. The van der Waals surface area contributed by atoms with E-state index in [1.807, 2.05) is 0 Å². The molecule has 0 unspecified atom stereocenters. The number of carboxylic acids is 1. The Balaban J connectivity index is -0.000000720. The molecule has 80 valence electrons. The molecule has 0 aromatic carbocycles. The molecule has 0 rings (SSSR count). The Morgan fingerprint density at radius 3 is 1.36 bits per heavy atom. The molecule has 10 heteroatoms. The molecule has 0 spiro atoms. The molecule has 0 bridgehead atoms. The second-order valence-electron chi connectivity index (χ2n) is 1.95. The van der Waals surface area contributed by atoms with Crippen molar-refractivity contribution in [3.8, 4) is 0 Å².